The monoisotopic (exact) mass is 143 g/mol. The second-order valence-electron chi connectivity index (χ2n) is 2.49. The number of hydrogen-bond acceptors (Lipinski definition) is 3. The van der Waals surface area contributed by atoms with Crippen LogP contribution in [0.2, 0.25) is 0 Å². The molecule has 0 aromatic carbocycles. The molecule has 10 heavy (non-hydrogen) atoms. The first-order valence-electron chi connectivity index (χ1n) is 3.58. The standard InChI is InChI=1S/C7H13NO2/c1-6(8)10-7-2-4-9-5-3-7/h7-8H,2-5H2,1H3. The van der Waals surface area contributed by atoms with Gasteiger partial charge in [-0.25, -0.2) is 0 Å². The highest BCUT2D eigenvalue weighted by Gasteiger charge is 2.14. The quantitative estimate of drug-likeness (QED) is 0.442. The minimum absolute atomic E-state index is 0.228. The zero-order chi connectivity index (χ0) is 7.40. The first-order valence-corrected chi connectivity index (χ1v) is 3.58. The number of ether oxygens (including phenoxy) is 2. The van der Waals surface area contributed by atoms with Gasteiger partial charge < -0.3 is 9.47 Å². The molecule has 1 fully saturated rings. The van der Waals surface area contributed by atoms with E-state index in [0.717, 1.165) is 26.1 Å². The van der Waals surface area contributed by atoms with Crippen LogP contribution in [0.1, 0.15) is 19.8 Å². The van der Waals surface area contributed by atoms with Gasteiger partial charge in [-0.2, -0.15) is 0 Å². The molecule has 0 unspecified atom stereocenters. The summed E-state index contributed by atoms with van der Waals surface area (Å²) >= 11 is 0. The van der Waals surface area contributed by atoms with Crippen molar-refractivity contribution in [3.05, 3.63) is 0 Å². The maximum Gasteiger partial charge on any atom is 0.177 e. The summed E-state index contributed by atoms with van der Waals surface area (Å²) in [4.78, 5) is 0. The lowest BCUT2D eigenvalue weighted by atomic mass is 10.2. The van der Waals surface area contributed by atoms with Gasteiger partial charge in [0.2, 0.25) is 0 Å². The molecule has 0 bridgehead atoms. The molecule has 58 valence electrons. The van der Waals surface area contributed by atoms with Gasteiger partial charge in [-0.1, -0.05) is 0 Å². The number of nitrogens with one attached hydrogen (secondary N) is 1. The Bertz CT molecular complexity index is 119. The van der Waals surface area contributed by atoms with Crippen LogP contribution in [-0.2, 0) is 9.47 Å². The van der Waals surface area contributed by atoms with Crippen LogP contribution in [0, 0.1) is 5.41 Å². The van der Waals surface area contributed by atoms with Crippen LogP contribution in [0.4, 0.5) is 0 Å². The number of rotatable bonds is 1. The summed E-state index contributed by atoms with van der Waals surface area (Å²) in [5.74, 6) is 0.312. The third-order valence-electron chi connectivity index (χ3n) is 1.51. The van der Waals surface area contributed by atoms with Crippen LogP contribution in [0.5, 0.6) is 0 Å². The van der Waals surface area contributed by atoms with Crippen molar-refractivity contribution in [3.63, 3.8) is 0 Å². The fourth-order valence-electron chi connectivity index (χ4n) is 1.04. The predicted molar refractivity (Wildman–Crippen MR) is 38.3 cm³/mol. The second-order valence-corrected chi connectivity index (χ2v) is 2.49. The molecular formula is C7H13NO2. The van der Waals surface area contributed by atoms with Gasteiger partial charge >= 0.3 is 0 Å². The van der Waals surface area contributed by atoms with Crippen molar-refractivity contribution >= 4 is 5.90 Å². The lowest BCUT2D eigenvalue weighted by Crippen LogP contribution is -2.24. The van der Waals surface area contributed by atoms with Crippen molar-refractivity contribution in [1.82, 2.24) is 0 Å². The minimum Gasteiger partial charge on any atom is -0.478 e. The summed E-state index contributed by atoms with van der Waals surface area (Å²) in [5.41, 5.74) is 0. The molecule has 0 spiro atoms. The largest absolute Gasteiger partial charge is 0.478 e. The van der Waals surface area contributed by atoms with Crippen molar-refractivity contribution in [3.8, 4) is 0 Å². The second kappa shape index (κ2) is 3.56. The molecule has 1 saturated heterocycles. The average Bonchev–Trinajstić information content (AvgIpc) is 1.88. The highest BCUT2D eigenvalue weighted by molar-refractivity contribution is 5.69. The Kier molecular flexibility index (Phi) is 2.68. The zero-order valence-corrected chi connectivity index (χ0v) is 6.22. The van der Waals surface area contributed by atoms with Gasteiger partial charge in [0.15, 0.2) is 5.90 Å². The van der Waals surface area contributed by atoms with Crippen molar-refractivity contribution in [2.24, 2.45) is 0 Å². The van der Waals surface area contributed by atoms with Gasteiger partial charge in [-0.05, 0) is 0 Å². The van der Waals surface area contributed by atoms with E-state index in [-0.39, 0.29) is 6.10 Å². The van der Waals surface area contributed by atoms with E-state index in [4.69, 9.17) is 14.9 Å². The van der Waals surface area contributed by atoms with E-state index >= 15 is 0 Å². The Labute approximate surface area is 60.8 Å². The Morgan fingerprint density at radius 1 is 1.50 bits per heavy atom. The molecule has 3 nitrogen and oxygen atoms in total. The fourth-order valence-corrected chi connectivity index (χ4v) is 1.04. The molecule has 0 radical (unpaired) electrons. The van der Waals surface area contributed by atoms with E-state index in [2.05, 4.69) is 0 Å². The highest BCUT2D eigenvalue weighted by Crippen LogP contribution is 2.10. The first-order chi connectivity index (χ1) is 4.79. The topological polar surface area (TPSA) is 42.3 Å². The van der Waals surface area contributed by atoms with Gasteiger partial charge in [-0.3, -0.25) is 5.41 Å². The predicted octanol–water partition coefficient (Wildman–Crippen LogP) is 1.18. The van der Waals surface area contributed by atoms with Crippen LogP contribution < -0.4 is 0 Å². The summed E-state index contributed by atoms with van der Waals surface area (Å²) in [6, 6.07) is 0. The maximum absolute atomic E-state index is 7.07. The average molecular weight is 143 g/mol. The smallest absolute Gasteiger partial charge is 0.177 e. The number of hydrogen-bond donors (Lipinski definition) is 1. The molecule has 0 atom stereocenters. The van der Waals surface area contributed by atoms with E-state index in [1.54, 1.807) is 6.92 Å². The third-order valence-corrected chi connectivity index (χ3v) is 1.51. The molecule has 1 aliphatic heterocycles. The fraction of sp³-hybridized carbons (Fsp3) is 0.857. The Morgan fingerprint density at radius 2 is 2.10 bits per heavy atom. The molecule has 3 heteroatoms. The molecule has 0 aliphatic carbocycles. The van der Waals surface area contributed by atoms with Crippen molar-refractivity contribution in [2.45, 2.75) is 25.9 Å². The molecule has 0 saturated carbocycles. The summed E-state index contributed by atoms with van der Waals surface area (Å²) in [5, 5.41) is 7.07. The van der Waals surface area contributed by atoms with E-state index < -0.39 is 0 Å². The van der Waals surface area contributed by atoms with Crippen LogP contribution in [0.3, 0.4) is 0 Å². The van der Waals surface area contributed by atoms with Crippen LogP contribution in [0.15, 0.2) is 0 Å². The minimum atomic E-state index is 0.228. The van der Waals surface area contributed by atoms with Crippen LogP contribution in [0.25, 0.3) is 0 Å². The highest BCUT2D eigenvalue weighted by atomic mass is 16.5. The summed E-state index contributed by atoms with van der Waals surface area (Å²) in [6.45, 7) is 3.21. The summed E-state index contributed by atoms with van der Waals surface area (Å²) in [7, 11) is 0. The van der Waals surface area contributed by atoms with Gasteiger partial charge in [0.05, 0.1) is 13.2 Å². The van der Waals surface area contributed by atoms with E-state index in [1.165, 1.54) is 0 Å². The molecule has 1 aliphatic rings. The van der Waals surface area contributed by atoms with Gasteiger partial charge in [0.25, 0.3) is 0 Å². The SMILES string of the molecule is CC(=N)OC1CCOCC1. The lowest BCUT2D eigenvalue weighted by molar-refractivity contribution is 0.0195. The van der Waals surface area contributed by atoms with E-state index in [9.17, 15) is 0 Å². The molecular weight excluding hydrogens is 130 g/mol. The van der Waals surface area contributed by atoms with Gasteiger partial charge in [-0.15, -0.1) is 0 Å². The normalized spacial score (nSPS) is 20.5. The van der Waals surface area contributed by atoms with E-state index in [0.29, 0.717) is 5.90 Å². The molecule has 1 rings (SSSR count). The Balaban J connectivity index is 2.19. The first kappa shape index (κ1) is 7.54. The molecule has 0 aromatic heterocycles. The van der Waals surface area contributed by atoms with E-state index in [1.807, 2.05) is 0 Å². The molecule has 0 amide bonds. The summed E-state index contributed by atoms with van der Waals surface area (Å²) < 4.78 is 10.3. The molecule has 1 heterocycles. The van der Waals surface area contributed by atoms with Gasteiger partial charge in [0, 0.05) is 19.8 Å². The van der Waals surface area contributed by atoms with Crippen molar-refractivity contribution in [2.75, 3.05) is 13.2 Å². The maximum atomic E-state index is 7.07. The van der Waals surface area contributed by atoms with Gasteiger partial charge in [0.1, 0.15) is 6.10 Å². The van der Waals surface area contributed by atoms with Crippen molar-refractivity contribution in [1.29, 1.82) is 5.41 Å². The van der Waals surface area contributed by atoms with Crippen molar-refractivity contribution < 1.29 is 9.47 Å². The summed E-state index contributed by atoms with van der Waals surface area (Å²) in [6.07, 6.45) is 2.08. The van der Waals surface area contributed by atoms with Crippen LogP contribution in [-0.4, -0.2) is 25.2 Å². The molecule has 1 N–H and O–H groups in total. The molecule has 0 aromatic rings. The third kappa shape index (κ3) is 2.35. The van der Waals surface area contributed by atoms with Crippen LogP contribution >= 0.6 is 0 Å². The Hall–Kier alpha value is -0.570. The Morgan fingerprint density at radius 3 is 2.60 bits per heavy atom. The zero-order valence-electron chi connectivity index (χ0n) is 6.22. The lowest BCUT2D eigenvalue weighted by Gasteiger charge is -2.22.